The topological polar surface area (TPSA) is 116 Å². The van der Waals surface area contributed by atoms with E-state index in [4.69, 9.17) is 20.9 Å². The third-order valence-electron chi connectivity index (χ3n) is 6.49. The molecule has 2 aliphatic rings. The summed E-state index contributed by atoms with van der Waals surface area (Å²) in [7, 11) is 1.72. The van der Waals surface area contributed by atoms with Crippen molar-refractivity contribution in [2.75, 3.05) is 37.4 Å². The highest BCUT2D eigenvalue weighted by Crippen LogP contribution is 2.34. The number of hydrogen-bond acceptors (Lipinski definition) is 8. The molecule has 3 atom stereocenters. The van der Waals surface area contributed by atoms with E-state index >= 15 is 0 Å². The molecular formula is C24H29N5O3S. The Morgan fingerprint density at radius 3 is 2.97 bits per heavy atom. The number of ether oxygens (including phenoxy) is 2. The lowest BCUT2D eigenvalue weighted by atomic mass is 9.99. The SMILES string of the molecule is CO[C@@H]1CCN(c2ccc3c(c2)OC[C@H](NC(=O)c2sc4nc(C)ccc4c2N)C3)C[C@H]1N. The first kappa shape index (κ1) is 21.9. The zero-order valence-electron chi connectivity index (χ0n) is 18.8. The zero-order valence-corrected chi connectivity index (χ0v) is 19.7. The van der Waals surface area contributed by atoms with Crippen molar-refractivity contribution < 1.29 is 14.3 Å². The molecule has 0 bridgehead atoms. The average molecular weight is 468 g/mol. The third-order valence-corrected chi connectivity index (χ3v) is 7.61. The number of carbonyl (C=O) groups excluding carboxylic acids is 1. The molecule has 174 valence electrons. The van der Waals surface area contributed by atoms with Crippen LogP contribution in [0.15, 0.2) is 30.3 Å². The number of methoxy groups -OCH3 is 1. The van der Waals surface area contributed by atoms with Crippen molar-refractivity contribution in [3.05, 3.63) is 46.5 Å². The zero-order chi connectivity index (χ0) is 23.1. The second-order valence-electron chi connectivity index (χ2n) is 8.80. The number of amides is 1. The summed E-state index contributed by atoms with van der Waals surface area (Å²) in [4.78, 5) is 21.0. The fourth-order valence-corrected chi connectivity index (χ4v) is 5.69. The van der Waals surface area contributed by atoms with E-state index in [2.05, 4.69) is 33.4 Å². The maximum atomic E-state index is 13.0. The molecule has 4 heterocycles. The van der Waals surface area contributed by atoms with Crippen LogP contribution in [0.2, 0.25) is 0 Å². The van der Waals surface area contributed by atoms with Gasteiger partial charge in [0.15, 0.2) is 0 Å². The number of nitrogens with one attached hydrogen (secondary N) is 1. The highest BCUT2D eigenvalue weighted by atomic mass is 32.1. The molecule has 0 aliphatic carbocycles. The number of hydrogen-bond donors (Lipinski definition) is 3. The van der Waals surface area contributed by atoms with Crippen molar-refractivity contribution in [1.29, 1.82) is 0 Å². The van der Waals surface area contributed by atoms with E-state index in [1.807, 2.05) is 19.1 Å². The number of rotatable bonds is 4. The van der Waals surface area contributed by atoms with Gasteiger partial charge in [-0.3, -0.25) is 4.79 Å². The molecule has 2 aliphatic heterocycles. The molecule has 8 nitrogen and oxygen atoms in total. The van der Waals surface area contributed by atoms with Gasteiger partial charge in [0.05, 0.1) is 17.8 Å². The van der Waals surface area contributed by atoms with Crippen LogP contribution in [-0.2, 0) is 11.2 Å². The Morgan fingerprint density at radius 1 is 1.33 bits per heavy atom. The van der Waals surface area contributed by atoms with Crippen LogP contribution >= 0.6 is 11.3 Å². The number of aromatic nitrogens is 1. The van der Waals surface area contributed by atoms with E-state index < -0.39 is 0 Å². The monoisotopic (exact) mass is 467 g/mol. The lowest BCUT2D eigenvalue weighted by Gasteiger charge is -2.37. The van der Waals surface area contributed by atoms with Crippen LogP contribution in [0.1, 0.15) is 27.3 Å². The molecular weight excluding hydrogens is 438 g/mol. The smallest absolute Gasteiger partial charge is 0.263 e. The number of nitrogen functional groups attached to an aromatic ring is 1. The van der Waals surface area contributed by atoms with Crippen LogP contribution in [0.3, 0.4) is 0 Å². The van der Waals surface area contributed by atoms with Crippen molar-refractivity contribution >= 4 is 38.8 Å². The van der Waals surface area contributed by atoms with Gasteiger partial charge in [-0.2, -0.15) is 0 Å². The molecule has 1 amide bonds. The molecule has 1 saturated heterocycles. The second-order valence-corrected chi connectivity index (χ2v) is 9.80. The first-order valence-corrected chi connectivity index (χ1v) is 12.0. The minimum atomic E-state index is -0.183. The molecule has 1 fully saturated rings. The van der Waals surface area contributed by atoms with Gasteiger partial charge in [-0.25, -0.2) is 4.98 Å². The summed E-state index contributed by atoms with van der Waals surface area (Å²) in [6.45, 7) is 3.98. The van der Waals surface area contributed by atoms with Crippen LogP contribution in [0.5, 0.6) is 5.75 Å². The van der Waals surface area contributed by atoms with Gasteiger partial charge in [0.1, 0.15) is 22.1 Å². The minimum Gasteiger partial charge on any atom is -0.491 e. The van der Waals surface area contributed by atoms with Gasteiger partial charge in [0, 0.05) is 49.1 Å². The molecule has 33 heavy (non-hydrogen) atoms. The lowest BCUT2D eigenvalue weighted by Crippen LogP contribution is -2.52. The molecule has 0 saturated carbocycles. The molecule has 0 radical (unpaired) electrons. The van der Waals surface area contributed by atoms with Gasteiger partial charge in [-0.15, -0.1) is 11.3 Å². The Kier molecular flexibility index (Phi) is 5.86. The fourth-order valence-electron chi connectivity index (χ4n) is 4.65. The number of carbonyl (C=O) groups is 1. The quantitative estimate of drug-likeness (QED) is 0.540. The van der Waals surface area contributed by atoms with Gasteiger partial charge in [-0.1, -0.05) is 6.07 Å². The number of aryl methyl sites for hydroxylation is 1. The van der Waals surface area contributed by atoms with E-state index in [0.717, 1.165) is 52.4 Å². The van der Waals surface area contributed by atoms with Crippen LogP contribution in [0.4, 0.5) is 11.4 Å². The van der Waals surface area contributed by atoms with Gasteiger partial charge < -0.3 is 31.2 Å². The molecule has 2 aromatic heterocycles. The van der Waals surface area contributed by atoms with Gasteiger partial charge in [0.25, 0.3) is 5.91 Å². The maximum absolute atomic E-state index is 13.0. The Morgan fingerprint density at radius 2 is 2.18 bits per heavy atom. The summed E-state index contributed by atoms with van der Waals surface area (Å²) in [6.07, 6.45) is 1.71. The van der Waals surface area contributed by atoms with Gasteiger partial charge >= 0.3 is 0 Å². The van der Waals surface area contributed by atoms with E-state index in [9.17, 15) is 4.79 Å². The highest BCUT2D eigenvalue weighted by molar-refractivity contribution is 7.21. The van der Waals surface area contributed by atoms with E-state index in [0.29, 0.717) is 23.6 Å². The molecule has 5 rings (SSSR count). The Bertz CT molecular complexity index is 1200. The third kappa shape index (κ3) is 4.23. The minimum absolute atomic E-state index is 0.0132. The Balaban J connectivity index is 1.26. The number of anilines is 2. The first-order valence-electron chi connectivity index (χ1n) is 11.2. The predicted molar refractivity (Wildman–Crippen MR) is 131 cm³/mol. The molecule has 1 aromatic carbocycles. The number of nitrogens with zero attached hydrogens (tertiary/aromatic N) is 2. The predicted octanol–water partition coefficient (Wildman–Crippen LogP) is 2.47. The van der Waals surface area contributed by atoms with Crippen molar-refractivity contribution in [3.8, 4) is 5.75 Å². The fraction of sp³-hybridized carbons (Fsp3) is 0.417. The molecule has 5 N–H and O–H groups in total. The number of fused-ring (bicyclic) bond motifs is 2. The standard InChI is InChI=1S/C24H29N5O3S/c1-13-3-6-17-21(26)22(33-24(17)27-13)23(30)28-15-9-14-4-5-16(10-20(14)32-12-15)29-8-7-19(31-2)18(25)11-29/h3-6,10,15,18-19H,7-9,11-12,25-26H2,1-2H3,(H,28,30)/t15-,18-,19-/m1/s1. The summed E-state index contributed by atoms with van der Waals surface area (Å²) >= 11 is 1.33. The largest absolute Gasteiger partial charge is 0.491 e. The van der Waals surface area contributed by atoms with Crippen LogP contribution in [-0.4, -0.2) is 55.9 Å². The summed E-state index contributed by atoms with van der Waals surface area (Å²) in [6, 6.07) is 9.94. The number of nitrogens with two attached hydrogens (primary N) is 2. The summed E-state index contributed by atoms with van der Waals surface area (Å²) in [5.74, 6) is 0.679. The van der Waals surface area contributed by atoms with Gasteiger partial charge in [0.2, 0.25) is 0 Å². The highest BCUT2D eigenvalue weighted by Gasteiger charge is 2.28. The molecule has 0 spiro atoms. The number of pyridine rings is 1. The summed E-state index contributed by atoms with van der Waals surface area (Å²) in [5.41, 5.74) is 16.1. The molecule has 3 aromatic rings. The summed E-state index contributed by atoms with van der Waals surface area (Å²) < 4.78 is 11.5. The van der Waals surface area contributed by atoms with Crippen molar-refractivity contribution in [3.63, 3.8) is 0 Å². The van der Waals surface area contributed by atoms with Crippen molar-refractivity contribution in [1.82, 2.24) is 10.3 Å². The van der Waals surface area contributed by atoms with Crippen LogP contribution in [0.25, 0.3) is 10.2 Å². The Labute approximate surface area is 196 Å². The van der Waals surface area contributed by atoms with Crippen LogP contribution in [0, 0.1) is 6.92 Å². The van der Waals surface area contributed by atoms with E-state index in [-0.39, 0.29) is 24.1 Å². The summed E-state index contributed by atoms with van der Waals surface area (Å²) in [5, 5.41) is 3.91. The van der Waals surface area contributed by atoms with Gasteiger partial charge in [-0.05, 0) is 43.5 Å². The maximum Gasteiger partial charge on any atom is 0.263 e. The molecule has 0 unspecified atom stereocenters. The normalized spacial score (nSPS) is 22.6. The average Bonchev–Trinajstić information content (AvgIpc) is 3.14. The molecule has 9 heteroatoms. The second kappa shape index (κ2) is 8.81. The van der Waals surface area contributed by atoms with E-state index in [1.165, 1.54) is 11.3 Å². The Hall–Kier alpha value is -2.88. The number of thiophene rings is 1. The van der Waals surface area contributed by atoms with E-state index in [1.54, 1.807) is 7.11 Å². The van der Waals surface area contributed by atoms with Crippen molar-refractivity contribution in [2.24, 2.45) is 5.73 Å². The first-order chi connectivity index (χ1) is 15.9. The van der Waals surface area contributed by atoms with Crippen LogP contribution < -0.4 is 26.4 Å². The lowest BCUT2D eigenvalue weighted by molar-refractivity contribution is 0.0664. The van der Waals surface area contributed by atoms with Crippen molar-refractivity contribution in [2.45, 2.75) is 38.0 Å². The number of benzene rings is 1. The number of piperidine rings is 1.